The maximum absolute atomic E-state index is 12.9. The lowest BCUT2D eigenvalue weighted by atomic mass is 10.1. The molecule has 1 aliphatic heterocycles. The molecule has 0 aliphatic carbocycles. The first-order valence-corrected chi connectivity index (χ1v) is 11.5. The monoisotopic (exact) mass is 449 g/mol. The first-order chi connectivity index (χ1) is 15.6. The number of thiazole rings is 1. The minimum absolute atomic E-state index is 0.0882. The number of carbonyl (C=O) groups excluding carboxylic acids is 1. The smallest absolute Gasteiger partial charge is 0.275 e. The first-order valence-electron chi connectivity index (χ1n) is 10.7. The molecular weight excluding hydrogens is 426 g/mol. The average Bonchev–Trinajstić information content (AvgIpc) is 3.47. The average molecular weight is 450 g/mol. The first kappa shape index (κ1) is 20.4. The number of pyridine rings is 2. The van der Waals surface area contributed by atoms with Gasteiger partial charge < -0.3 is 10.2 Å². The Morgan fingerprint density at radius 2 is 2.00 bits per heavy atom. The van der Waals surface area contributed by atoms with Crippen molar-refractivity contribution in [3.05, 3.63) is 36.2 Å². The molecule has 0 bridgehead atoms. The molecule has 0 unspecified atom stereocenters. The molecule has 0 radical (unpaired) electrons. The largest absolute Gasteiger partial charge is 0.348 e. The van der Waals surface area contributed by atoms with Crippen LogP contribution in [-0.4, -0.2) is 54.2 Å². The van der Waals surface area contributed by atoms with Crippen molar-refractivity contribution in [3.63, 3.8) is 0 Å². The van der Waals surface area contributed by atoms with Crippen molar-refractivity contribution in [3.8, 4) is 11.5 Å². The number of aromatic nitrogens is 7. The minimum atomic E-state index is -0.326. The summed E-state index contributed by atoms with van der Waals surface area (Å²) in [7, 11) is 0. The van der Waals surface area contributed by atoms with Crippen LogP contribution in [0.3, 0.4) is 0 Å². The molecule has 4 aromatic rings. The topological polar surface area (TPSA) is 115 Å². The summed E-state index contributed by atoms with van der Waals surface area (Å²) in [5.41, 5.74) is 1.72. The molecular formula is C21H23N9OS. The highest BCUT2D eigenvalue weighted by atomic mass is 32.1. The molecule has 0 spiro atoms. The Bertz CT molecular complexity index is 1260. The summed E-state index contributed by atoms with van der Waals surface area (Å²) < 4.78 is 2.64. The van der Waals surface area contributed by atoms with E-state index in [4.69, 9.17) is 4.98 Å². The number of anilines is 2. The van der Waals surface area contributed by atoms with Crippen molar-refractivity contribution < 1.29 is 4.79 Å². The van der Waals surface area contributed by atoms with Crippen LogP contribution in [0, 0.1) is 0 Å². The van der Waals surface area contributed by atoms with Crippen LogP contribution in [0.15, 0.2) is 30.5 Å². The zero-order valence-corrected chi connectivity index (χ0v) is 18.7. The number of tetrazole rings is 1. The second-order valence-corrected chi connectivity index (χ2v) is 8.99. The van der Waals surface area contributed by atoms with Gasteiger partial charge in [-0.1, -0.05) is 17.4 Å². The van der Waals surface area contributed by atoms with E-state index in [-0.39, 0.29) is 11.9 Å². The highest BCUT2D eigenvalue weighted by Crippen LogP contribution is 2.30. The van der Waals surface area contributed by atoms with Crippen LogP contribution >= 0.6 is 11.3 Å². The Morgan fingerprint density at radius 1 is 1.16 bits per heavy atom. The van der Waals surface area contributed by atoms with Crippen LogP contribution in [0.5, 0.6) is 0 Å². The van der Waals surface area contributed by atoms with E-state index < -0.39 is 0 Å². The molecule has 164 valence electrons. The van der Waals surface area contributed by atoms with Gasteiger partial charge in [0.05, 0.1) is 16.9 Å². The van der Waals surface area contributed by atoms with Gasteiger partial charge in [-0.25, -0.2) is 19.6 Å². The molecule has 1 saturated heterocycles. The van der Waals surface area contributed by atoms with E-state index in [1.54, 1.807) is 34.3 Å². The maximum atomic E-state index is 12.9. The molecule has 5 heterocycles. The van der Waals surface area contributed by atoms with Crippen molar-refractivity contribution in [2.45, 2.75) is 39.2 Å². The second-order valence-electron chi connectivity index (χ2n) is 7.98. The standard InChI is InChI=1S/C21H23N9OS/c1-13(2)30-19(26-27-28-30)14-7-6-8-18(23-14)25-20(31)15-11-17-16(12-22-15)24-21(32-17)29-9-4-3-5-10-29/h6-8,11-13H,3-5,9-10H2,1-2H3,(H,23,25,31). The number of fused-ring (bicyclic) bond motifs is 1. The molecule has 10 nitrogen and oxygen atoms in total. The summed E-state index contributed by atoms with van der Waals surface area (Å²) in [5, 5.41) is 15.6. The van der Waals surface area contributed by atoms with E-state index in [1.165, 1.54) is 19.3 Å². The summed E-state index contributed by atoms with van der Waals surface area (Å²) in [6, 6.07) is 7.22. The van der Waals surface area contributed by atoms with Gasteiger partial charge in [-0.3, -0.25) is 4.79 Å². The fraction of sp³-hybridized carbons (Fsp3) is 0.381. The quantitative estimate of drug-likeness (QED) is 0.492. The summed E-state index contributed by atoms with van der Waals surface area (Å²) in [5.74, 6) is 0.629. The van der Waals surface area contributed by atoms with Gasteiger partial charge in [0, 0.05) is 13.1 Å². The van der Waals surface area contributed by atoms with E-state index in [0.29, 0.717) is 23.0 Å². The third-order valence-electron chi connectivity index (χ3n) is 5.32. The summed E-state index contributed by atoms with van der Waals surface area (Å²) in [6.45, 7) is 6.04. The highest BCUT2D eigenvalue weighted by Gasteiger charge is 2.18. The molecule has 11 heteroatoms. The lowest BCUT2D eigenvalue weighted by molar-refractivity contribution is 0.102. The van der Waals surface area contributed by atoms with E-state index >= 15 is 0 Å². The minimum Gasteiger partial charge on any atom is -0.348 e. The number of hydrogen-bond donors (Lipinski definition) is 1. The lowest BCUT2D eigenvalue weighted by Gasteiger charge is -2.25. The fourth-order valence-electron chi connectivity index (χ4n) is 3.68. The molecule has 0 saturated carbocycles. The molecule has 1 amide bonds. The van der Waals surface area contributed by atoms with Crippen LogP contribution in [0.4, 0.5) is 10.9 Å². The zero-order valence-electron chi connectivity index (χ0n) is 17.9. The Labute approximate surface area is 188 Å². The molecule has 1 fully saturated rings. The number of hydrogen-bond acceptors (Lipinski definition) is 9. The van der Waals surface area contributed by atoms with Crippen molar-refractivity contribution >= 4 is 38.4 Å². The van der Waals surface area contributed by atoms with Gasteiger partial charge in [-0.15, -0.1) is 5.10 Å². The Hall–Kier alpha value is -3.47. The van der Waals surface area contributed by atoms with Crippen LogP contribution < -0.4 is 10.2 Å². The molecule has 1 N–H and O–H groups in total. The van der Waals surface area contributed by atoms with Gasteiger partial charge in [0.15, 0.2) is 5.13 Å². The third kappa shape index (κ3) is 4.03. The van der Waals surface area contributed by atoms with Crippen LogP contribution in [0.2, 0.25) is 0 Å². The van der Waals surface area contributed by atoms with Gasteiger partial charge in [-0.2, -0.15) is 0 Å². The molecule has 0 atom stereocenters. The summed E-state index contributed by atoms with van der Waals surface area (Å²) in [6.07, 6.45) is 5.32. The second kappa shape index (κ2) is 8.58. The van der Waals surface area contributed by atoms with E-state index in [0.717, 1.165) is 28.4 Å². The van der Waals surface area contributed by atoms with Crippen LogP contribution in [0.1, 0.15) is 49.6 Å². The van der Waals surface area contributed by atoms with Gasteiger partial charge >= 0.3 is 0 Å². The van der Waals surface area contributed by atoms with Crippen molar-refractivity contribution in [1.82, 2.24) is 35.2 Å². The Morgan fingerprint density at radius 3 is 2.81 bits per heavy atom. The fourth-order valence-corrected chi connectivity index (χ4v) is 4.71. The predicted molar refractivity (Wildman–Crippen MR) is 123 cm³/mol. The SMILES string of the molecule is CC(C)n1nnnc1-c1cccc(NC(=O)c2cc3sc(N4CCCCC4)nc3cn2)n1. The van der Waals surface area contributed by atoms with Crippen LogP contribution in [0.25, 0.3) is 21.7 Å². The molecule has 5 rings (SSSR count). The van der Waals surface area contributed by atoms with Gasteiger partial charge in [0.1, 0.15) is 22.7 Å². The van der Waals surface area contributed by atoms with Crippen molar-refractivity contribution in [1.29, 1.82) is 0 Å². The van der Waals surface area contributed by atoms with Crippen LogP contribution in [-0.2, 0) is 0 Å². The van der Waals surface area contributed by atoms with Crippen molar-refractivity contribution in [2.75, 3.05) is 23.3 Å². The predicted octanol–water partition coefficient (Wildman–Crippen LogP) is 3.56. The highest BCUT2D eigenvalue weighted by molar-refractivity contribution is 7.22. The zero-order chi connectivity index (χ0) is 22.1. The van der Waals surface area contributed by atoms with Gasteiger partial charge in [0.2, 0.25) is 5.82 Å². The number of rotatable bonds is 5. The van der Waals surface area contributed by atoms with E-state index in [1.807, 2.05) is 26.0 Å². The Balaban J connectivity index is 1.36. The Kier molecular flexibility index (Phi) is 5.48. The van der Waals surface area contributed by atoms with Crippen molar-refractivity contribution in [2.24, 2.45) is 0 Å². The van der Waals surface area contributed by atoms with Gasteiger partial charge in [0.25, 0.3) is 5.91 Å². The summed E-state index contributed by atoms with van der Waals surface area (Å²) in [4.78, 5) is 28.7. The van der Waals surface area contributed by atoms with Gasteiger partial charge in [-0.05, 0) is 61.7 Å². The number of nitrogens with zero attached hydrogens (tertiary/aromatic N) is 8. The maximum Gasteiger partial charge on any atom is 0.275 e. The lowest BCUT2D eigenvalue weighted by Crippen LogP contribution is -2.29. The normalized spacial score (nSPS) is 14.3. The number of piperidine rings is 1. The molecule has 32 heavy (non-hydrogen) atoms. The molecule has 4 aromatic heterocycles. The third-order valence-corrected chi connectivity index (χ3v) is 6.40. The van der Waals surface area contributed by atoms with E-state index in [9.17, 15) is 4.79 Å². The number of carbonyl (C=O) groups is 1. The molecule has 0 aromatic carbocycles. The van der Waals surface area contributed by atoms with E-state index in [2.05, 4.69) is 35.7 Å². The number of amides is 1. The summed E-state index contributed by atoms with van der Waals surface area (Å²) >= 11 is 1.60. The number of nitrogens with one attached hydrogen (secondary N) is 1. The molecule has 1 aliphatic rings.